The van der Waals surface area contributed by atoms with Gasteiger partial charge in [-0.2, -0.15) is 0 Å². The quantitative estimate of drug-likeness (QED) is 0.778. The van der Waals surface area contributed by atoms with Gasteiger partial charge in [0, 0.05) is 24.7 Å². The zero-order chi connectivity index (χ0) is 16.2. The second-order valence-electron chi connectivity index (χ2n) is 5.27. The van der Waals surface area contributed by atoms with Crippen molar-refractivity contribution in [2.24, 2.45) is 5.73 Å². The van der Waals surface area contributed by atoms with Gasteiger partial charge >= 0.3 is 0 Å². The van der Waals surface area contributed by atoms with Crippen molar-refractivity contribution in [1.82, 2.24) is 10.3 Å². The molecule has 116 valence electrons. The summed E-state index contributed by atoms with van der Waals surface area (Å²) in [6, 6.07) is 13.7. The number of hydrogen-bond donors (Lipinski definition) is 2. The topological polar surface area (TPSA) is 68.0 Å². The van der Waals surface area contributed by atoms with Gasteiger partial charge in [0.25, 0.3) is 5.91 Å². The van der Waals surface area contributed by atoms with Gasteiger partial charge in [0.15, 0.2) is 0 Å². The number of carbonyl (C=O) groups is 1. The Balaban J connectivity index is 1.75. The van der Waals surface area contributed by atoms with E-state index in [2.05, 4.69) is 10.3 Å². The Labute approximate surface area is 133 Å². The summed E-state index contributed by atoms with van der Waals surface area (Å²) < 4.78 is 13.3. The van der Waals surface area contributed by atoms with Gasteiger partial charge in [0.1, 0.15) is 11.5 Å². The Morgan fingerprint density at radius 3 is 2.74 bits per heavy atom. The van der Waals surface area contributed by atoms with Crippen molar-refractivity contribution in [2.75, 3.05) is 0 Å². The van der Waals surface area contributed by atoms with Crippen molar-refractivity contribution in [3.05, 3.63) is 77.4 Å². The summed E-state index contributed by atoms with van der Waals surface area (Å²) in [7, 11) is 0. The van der Waals surface area contributed by atoms with E-state index >= 15 is 0 Å². The van der Waals surface area contributed by atoms with E-state index in [0.717, 1.165) is 16.5 Å². The lowest BCUT2D eigenvalue weighted by molar-refractivity contribution is 0.0946. The van der Waals surface area contributed by atoms with Gasteiger partial charge in [-0.15, -0.1) is 0 Å². The highest BCUT2D eigenvalue weighted by Gasteiger charge is 2.08. The van der Waals surface area contributed by atoms with Crippen LogP contribution in [0.2, 0.25) is 0 Å². The molecule has 2 aromatic carbocycles. The average molecular weight is 309 g/mol. The number of benzene rings is 2. The third kappa shape index (κ3) is 3.52. The molecule has 0 saturated carbocycles. The monoisotopic (exact) mass is 309 g/mol. The molecule has 0 fully saturated rings. The summed E-state index contributed by atoms with van der Waals surface area (Å²) >= 11 is 0. The van der Waals surface area contributed by atoms with Gasteiger partial charge in [0.2, 0.25) is 0 Å². The van der Waals surface area contributed by atoms with E-state index < -0.39 is 0 Å². The van der Waals surface area contributed by atoms with E-state index in [1.165, 1.54) is 12.1 Å². The molecule has 5 heteroatoms. The average Bonchev–Trinajstić information content (AvgIpc) is 2.59. The van der Waals surface area contributed by atoms with Crippen molar-refractivity contribution in [3.63, 3.8) is 0 Å². The minimum Gasteiger partial charge on any atom is -0.347 e. The van der Waals surface area contributed by atoms with Crippen molar-refractivity contribution >= 4 is 16.7 Å². The number of halogens is 1. The van der Waals surface area contributed by atoms with Crippen molar-refractivity contribution in [1.29, 1.82) is 0 Å². The van der Waals surface area contributed by atoms with Gasteiger partial charge < -0.3 is 11.1 Å². The molecule has 23 heavy (non-hydrogen) atoms. The van der Waals surface area contributed by atoms with Crippen LogP contribution in [0.15, 0.2) is 54.7 Å². The zero-order valence-electron chi connectivity index (χ0n) is 12.4. The number of nitrogens with zero attached hydrogens (tertiary/aromatic N) is 1. The first-order valence-corrected chi connectivity index (χ1v) is 7.27. The largest absolute Gasteiger partial charge is 0.347 e. The lowest BCUT2D eigenvalue weighted by Crippen LogP contribution is -2.23. The van der Waals surface area contributed by atoms with E-state index in [-0.39, 0.29) is 17.4 Å². The number of amides is 1. The number of hydrogen-bond acceptors (Lipinski definition) is 3. The number of nitrogens with one attached hydrogen (secondary N) is 1. The minimum atomic E-state index is -0.339. The van der Waals surface area contributed by atoms with Crippen LogP contribution in [0.4, 0.5) is 4.39 Å². The van der Waals surface area contributed by atoms with Gasteiger partial charge in [-0.3, -0.25) is 9.78 Å². The molecular weight excluding hydrogens is 293 g/mol. The third-order valence-electron chi connectivity index (χ3n) is 3.60. The Morgan fingerprint density at radius 1 is 1.09 bits per heavy atom. The Hall–Kier alpha value is -2.79. The maximum Gasteiger partial charge on any atom is 0.270 e. The second kappa shape index (κ2) is 6.54. The third-order valence-corrected chi connectivity index (χ3v) is 3.60. The lowest BCUT2D eigenvalue weighted by Gasteiger charge is -2.07. The molecule has 4 nitrogen and oxygen atoms in total. The molecule has 3 aromatic rings. The summed E-state index contributed by atoms with van der Waals surface area (Å²) in [5, 5.41) is 4.25. The molecule has 0 radical (unpaired) electrons. The van der Waals surface area contributed by atoms with Crippen LogP contribution in [0.1, 0.15) is 21.6 Å². The molecule has 1 heterocycles. The molecule has 0 aliphatic heterocycles. The normalized spacial score (nSPS) is 10.7. The van der Waals surface area contributed by atoms with Crippen molar-refractivity contribution < 1.29 is 9.18 Å². The van der Waals surface area contributed by atoms with Crippen LogP contribution in [0.3, 0.4) is 0 Å². The fourth-order valence-corrected chi connectivity index (χ4v) is 2.38. The van der Waals surface area contributed by atoms with E-state index in [9.17, 15) is 9.18 Å². The standard InChI is InChI=1S/C18H16FN3O/c19-16-5-4-14-11-21-17(8-15(14)7-16)18(23)22-10-13-3-1-2-12(6-13)9-20/h1-8,11H,9-10,20H2,(H,22,23). The highest BCUT2D eigenvalue weighted by Crippen LogP contribution is 2.15. The summed E-state index contributed by atoms with van der Waals surface area (Å²) in [6.07, 6.45) is 1.57. The first-order valence-electron chi connectivity index (χ1n) is 7.27. The number of nitrogens with two attached hydrogens (primary N) is 1. The Kier molecular flexibility index (Phi) is 4.30. The second-order valence-corrected chi connectivity index (χ2v) is 5.27. The van der Waals surface area contributed by atoms with Crippen LogP contribution in [0.25, 0.3) is 10.8 Å². The molecule has 0 saturated heterocycles. The number of rotatable bonds is 4. The van der Waals surface area contributed by atoms with Crippen LogP contribution < -0.4 is 11.1 Å². The highest BCUT2D eigenvalue weighted by molar-refractivity contribution is 5.96. The fourth-order valence-electron chi connectivity index (χ4n) is 2.38. The molecule has 0 bridgehead atoms. The molecule has 0 unspecified atom stereocenters. The molecule has 3 rings (SSSR count). The number of pyridine rings is 1. The number of fused-ring (bicyclic) bond motifs is 1. The number of carbonyl (C=O) groups excluding carboxylic acids is 1. The highest BCUT2D eigenvalue weighted by atomic mass is 19.1. The minimum absolute atomic E-state index is 0.262. The van der Waals surface area contributed by atoms with Gasteiger partial charge in [-0.05, 0) is 40.8 Å². The Morgan fingerprint density at radius 2 is 1.91 bits per heavy atom. The molecule has 0 atom stereocenters. The first-order chi connectivity index (χ1) is 11.2. The zero-order valence-corrected chi connectivity index (χ0v) is 12.4. The predicted octanol–water partition coefficient (Wildman–Crippen LogP) is 2.76. The summed E-state index contributed by atoms with van der Waals surface area (Å²) in [5.74, 6) is -0.636. The van der Waals surface area contributed by atoms with Gasteiger partial charge in [0.05, 0.1) is 0 Å². The molecule has 1 aromatic heterocycles. The number of aromatic nitrogens is 1. The maximum absolute atomic E-state index is 13.3. The lowest BCUT2D eigenvalue weighted by atomic mass is 10.1. The van der Waals surface area contributed by atoms with Crippen LogP contribution in [-0.4, -0.2) is 10.9 Å². The molecule has 1 amide bonds. The van der Waals surface area contributed by atoms with Crippen molar-refractivity contribution in [3.8, 4) is 0 Å². The summed E-state index contributed by atoms with van der Waals surface area (Å²) in [6.45, 7) is 0.842. The summed E-state index contributed by atoms with van der Waals surface area (Å²) in [4.78, 5) is 16.3. The predicted molar refractivity (Wildman–Crippen MR) is 87.2 cm³/mol. The van der Waals surface area contributed by atoms with Crippen molar-refractivity contribution in [2.45, 2.75) is 13.1 Å². The van der Waals surface area contributed by atoms with E-state index in [4.69, 9.17) is 5.73 Å². The molecule has 0 spiro atoms. The Bertz CT molecular complexity index is 864. The van der Waals surface area contributed by atoms with E-state index in [1.54, 1.807) is 18.3 Å². The van der Waals surface area contributed by atoms with Crippen LogP contribution in [0.5, 0.6) is 0 Å². The summed E-state index contributed by atoms with van der Waals surface area (Å²) in [5.41, 5.74) is 7.84. The fraction of sp³-hybridized carbons (Fsp3) is 0.111. The smallest absolute Gasteiger partial charge is 0.270 e. The molecule has 3 N–H and O–H groups in total. The van der Waals surface area contributed by atoms with Crippen LogP contribution in [-0.2, 0) is 13.1 Å². The SMILES string of the molecule is NCc1cccc(CNC(=O)c2cc3cc(F)ccc3cn2)c1. The first kappa shape index (κ1) is 15.1. The van der Waals surface area contributed by atoms with E-state index in [1.807, 2.05) is 24.3 Å². The van der Waals surface area contributed by atoms with Crippen LogP contribution in [0, 0.1) is 5.82 Å². The maximum atomic E-state index is 13.3. The van der Waals surface area contributed by atoms with Crippen LogP contribution >= 0.6 is 0 Å². The van der Waals surface area contributed by atoms with Gasteiger partial charge in [-0.25, -0.2) is 4.39 Å². The molecular formula is C18H16FN3O. The molecule has 0 aliphatic rings. The molecule has 0 aliphatic carbocycles. The van der Waals surface area contributed by atoms with Gasteiger partial charge in [-0.1, -0.05) is 24.3 Å². The van der Waals surface area contributed by atoms with E-state index in [0.29, 0.717) is 18.5 Å².